The lowest BCUT2D eigenvalue weighted by Crippen LogP contribution is -1.92. The highest BCUT2D eigenvalue weighted by Crippen LogP contribution is 2.26. The maximum atomic E-state index is 5.88. The first kappa shape index (κ1) is 11.5. The van der Waals surface area contributed by atoms with E-state index in [2.05, 4.69) is 26.1 Å². The molecule has 4 nitrogen and oxygen atoms in total. The Morgan fingerprint density at radius 1 is 1.44 bits per heavy atom. The SMILES string of the molecule is Cc1nnc(SCc2ccc(Br)cc2N)o1. The summed E-state index contributed by atoms with van der Waals surface area (Å²) in [4.78, 5) is 0. The van der Waals surface area contributed by atoms with Crippen molar-refractivity contribution < 1.29 is 4.42 Å². The number of nitrogen functional groups attached to an aromatic ring is 1. The van der Waals surface area contributed by atoms with Crippen LogP contribution in [-0.2, 0) is 5.75 Å². The third-order valence-corrected chi connectivity index (χ3v) is 3.33. The molecule has 0 fully saturated rings. The molecule has 2 aromatic rings. The number of thioether (sulfide) groups is 1. The summed E-state index contributed by atoms with van der Waals surface area (Å²) in [6, 6.07) is 5.83. The van der Waals surface area contributed by atoms with Crippen LogP contribution in [0.15, 0.2) is 32.3 Å². The largest absolute Gasteiger partial charge is 0.416 e. The molecule has 84 valence electrons. The van der Waals surface area contributed by atoms with E-state index in [1.165, 1.54) is 11.8 Å². The standard InChI is InChI=1S/C10H10BrN3OS/c1-6-13-14-10(15-6)16-5-7-2-3-8(11)4-9(7)12/h2-4H,5,12H2,1H3. The molecule has 1 aromatic heterocycles. The van der Waals surface area contributed by atoms with E-state index in [0.717, 1.165) is 21.5 Å². The second-order valence-electron chi connectivity index (χ2n) is 3.22. The highest BCUT2D eigenvalue weighted by molar-refractivity contribution is 9.10. The van der Waals surface area contributed by atoms with Crippen molar-refractivity contribution in [1.29, 1.82) is 0 Å². The minimum Gasteiger partial charge on any atom is -0.416 e. The van der Waals surface area contributed by atoms with Crippen LogP contribution in [0.3, 0.4) is 0 Å². The Kier molecular flexibility index (Phi) is 3.50. The molecule has 2 N–H and O–H groups in total. The maximum absolute atomic E-state index is 5.88. The third-order valence-electron chi connectivity index (χ3n) is 1.97. The van der Waals surface area contributed by atoms with Gasteiger partial charge in [-0.05, 0) is 17.7 Å². The second-order valence-corrected chi connectivity index (χ2v) is 5.06. The predicted octanol–water partition coefficient (Wildman–Crippen LogP) is 3.02. The zero-order valence-corrected chi connectivity index (χ0v) is 11.0. The second kappa shape index (κ2) is 4.88. The molecule has 0 bridgehead atoms. The van der Waals surface area contributed by atoms with Crippen LogP contribution in [0.25, 0.3) is 0 Å². The average Bonchev–Trinajstić information content (AvgIpc) is 2.63. The highest BCUT2D eigenvalue weighted by atomic mass is 79.9. The molecular weight excluding hydrogens is 290 g/mol. The number of aryl methyl sites for hydroxylation is 1. The number of hydrogen-bond acceptors (Lipinski definition) is 5. The van der Waals surface area contributed by atoms with Crippen LogP contribution in [0.5, 0.6) is 0 Å². The first-order valence-electron chi connectivity index (χ1n) is 4.62. The Bertz CT molecular complexity index is 501. The number of hydrogen-bond donors (Lipinski definition) is 1. The lowest BCUT2D eigenvalue weighted by atomic mass is 10.2. The average molecular weight is 300 g/mol. The molecule has 0 amide bonds. The van der Waals surface area contributed by atoms with Crippen LogP contribution in [0, 0.1) is 6.92 Å². The molecular formula is C10H10BrN3OS. The molecule has 16 heavy (non-hydrogen) atoms. The third kappa shape index (κ3) is 2.76. The molecule has 0 aliphatic heterocycles. The molecule has 6 heteroatoms. The minimum atomic E-state index is 0.569. The molecule has 0 saturated carbocycles. The van der Waals surface area contributed by atoms with E-state index in [-0.39, 0.29) is 0 Å². The molecule has 0 radical (unpaired) electrons. The quantitative estimate of drug-likeness (QED) is 0.697. The number of rotatable bonds is 3. The summed E-state index contributed by atoms with van der Waals surface area (Å²) in [7, 11) is 0. The molecule has 0 atom stereocenters. The van der Waals surface area contributed by atoms with Crippen molar-refractivity contribution in [2.45, 2.75) is 17.9 Å². The van der Waals surface area contributed by atoms with Crippen molar-refractivity contribution in [2.24, 2.45) is 0 Å². The predicted molar refractivity (Wildman–Crippen MR) is 67.2 cm³/mol. The van der Waals surface area contributed by atoms with Gasteiger partial charge in [-0.3, -0.25) is 0 Å². The number of benzene rings is 1. The summed E-state index contributed by atoms with van der Waals surface area (Å²) in [5.41, 5.74) is 7.70. The van der Waals surface area contributed by atoms with Crippen LogP contribution in [0.2, 0.25) is 0 Å². The van der Waals surface area contributed by atoms with E-state index in [1.807, 2.05) is 18.2 Å². The van der Waals surface area contributed by atoms with Gasteiger partial charge < -0.3 is 10.2 Å². The van der Waals surface area contributed by atoms with E-state index < -0.39 is 0 Å². The molecule has 0 aliphatic rings. The summed E-state index contributed by atoms with van der Waals surface area (Å²) < 4.78 is 6.24. The fourth-order valence-electron chi connectivity index (χ4n) is 1.17. The lowest BCUT2D eigenvalue weighted by molar-refractivity contribution is 0.429. The van der Waals surface area contributed by atoms with Crippen molar-refractivity contribution in [1.82, 2.24) is 10.2 Å². The van der Waals surface area contributed by atoms with Gasteiger partial charge in [0.15, 0.2) is 0 Å². The van der Waals surface area contributed by atoms with Crippen LogP contribution >= 0.6 is 27.7 Å². The Labute approximate surface area is 106 Å². The molecule has 0 saturated heterocycles. The van der Waals surface area contributed by atoms with Gasteiger partial charge in [-0.2, -0.15) is 0 Å². The summed E-state index contributed by atoms with van der Waals surface area (Å²) >= 11 is 4.85. The van der Waals surface area contributed by atoms with Crippen molar-refractivity contribution in [2.75, 3.05) is 5.73 Å². The van der Waals surface area contributed by atoms with E-state index >= 15 is 0 Å². The number of anilines is 1. The van der Waals surface area contributed by atoms with Crippen molar-refractivity contribution in [3.05, 3.63) is 34.1 Å². The Morgan fingerprint density at radius 3 is 2.88 bits per heavy atom. The van der Waals surface area contributed by atoms with Crippen LogP contribution in [0.1, 0.15) is 11.5 Å². The number of nitrogens with two attached hydrogens (primary N) is 1. The lowest BCUT2D eigenvalue weighted by Gasteiger charge is -2.03. The topological polar surface area (TPSA) is 64.9 Å². The van der Waals surface area contributed by atoms with E-state index in [4.69, 9.17) is 10.2 Å². The van der Waals surface area contributed by atoms with E-state index in [1.54, 1.807) is 6.92 Å². The zero-order valence-electron chi connectivity index (χ0n) is 8.61. The zero-order chi connectivity index (χ0) is 11.5. The molecule has 2 rings (SSSR count). The smallest absolute Gasteiger partial charge is 0.276 e. The molecule has 0 unspecified atom stereocenters. The Hall–Kier alpha value is -1.01. The van der Waals surface area contributed by atoms with E-state index in [0.29, 0.717) is 11.1 Å². The van der Waals surface area contributed by atoms with Crippen LogP contribution in [-0.4, -0.2) is 10.2 Å². The van der Waals surface area contributed by atoms with Gasteiger partial charge in [0.05, 0.1) is 0 Å². The van der Waals surface area contributed by atoms with Crippen molar-refractivity contribution in [3.8, 4) is 0 Å². The van der Waals surface area contributed by atoms with Crippen molar-refractivity contribution >= 4 is 33.4 Å². The minimum absolute atomic E-state index is 0.569. The fourth-order valence-corrected chi connectivity index (χ4v) is 2.37. The highest BCUT2D eigenvalue weighted by Gasteiger charge is 2.05. The van der Waals surface area contributed by atoms with E-state index in [9.17, 15) is 0 Å². The van der Waals surface area contributed by atoms with Gasteiger partial charge in [0, 0.05) is 22.8 Å². The number of halogens is 1. The normalized spacial score (nSPS) is 10.6. The number of nitrogens with zero attached hydrogens (tertiary/aromatic N) is 2. The summed E-state index contributed by atoms with van der Waals surface area (Å²) in [6.07, 6.45) is 0. The maximum Gasteiger partial charge on any atom is 0.276 e. The van der Waals surface area contributed by atoms with Gasteiger partial charge in [-0.15, -0.1) is 10.2 Å². The number of aromatic nitrogens is 2. The van der Waals surface area contributed by atoms with Gasteiger partial charge in [0.25, 0.3) is 5.22 Å². The summed E-state index contributed by atoms with van der Waals surface area (Å²) in [5.74, 6) is 1.30. The van der Waals surface area contributed by atoms with Gasteiger partial charge in [0.2, 0.25) is 5.89 Å². The van der Waals surface area contributed by atoms with Crippen LogP contribution in [0.4, 0.5) is 5.69 Å². The molecule has 0 aliphatic carbocycles. The molecule has 0 spiro atoms. The first-order chi connectivity index (χ1) is 7.65. The van der Waals surface area contributed by atoms with Gasteiger partial charge in [0.1, 0.15) is 0 Å². The Balaban J connectivity index is 2.04. The summed E-state index contributed by atoms with van der Waals surface area (Å²) in [5, 5.41) is 8.23. The van der Waals surface area contributed by atoms with Gasteiger partial charge >= 0.3 is 0 Å². The fraction of sp³-hybridized carbons (Fsp3) is 0.200. The monoisotopic (exact) mass is 299 g/mol. The first-order valence-corrected chi connectivity index (χ1v) is 6.40. The van der Waals surface area contributed by atoms with Gasteiger partial charge in [-0.25, -0.2) is 0 Å². The van der Waals surface area contributed by atoms with Gasteiger partial charge in [-0.1, -0.05) is 33.8 Å². The Morgan fingerprint density at radius 2 is 2.25 bits per heavy atom. The molecule has 1 heterocycles. The van der Waals surface area contributed by atoms with Crippen LogP contribution < -0.4 is 5.73 Å². The summed E-state index contributed by atoms with van der Waals surface area (Å²) in [6.45, 7) is 1.77. The molecule has 1 aromatic carbocycles. The van der Waals surface area contributed by atoms with Crippen molar-refractivity contribution in [3.63, 3.8) is 0 Å².